The number of hydrogen-bond donors (Lipinski definition) is 2. The van der Waals surface area contributed by atoms with E-state index in [0.717, 1.165) is 18.2 Å². The van der Waals surface area contributed by atoms with Crippen molar-refractivity contribution in [3.05, 3.63) is 76.2 Å². The van der Waals surface area contributed by atoms with Crippen molar-refractivity contribution < 1.29 is 23.1 Å². The van der Waals surface area contributed by atoms with E-state index in [1.807, 2.05) is 0 Å². The number of rotatable bonds is 4. The highest BCUT2D eigenvalue weighted by molar-refractivity contribution is 5.98. The number of ether oxygens (including phenoxy) is 1. The number of amides is 1. The first-order chi connectivity index (χ1) is 12.8. The Balaban J connectivity index is 1.74. The van der Waals surface area contributed by atoms with Crippen molar-refractivity contribution in [2.24, 2.45) is 0 Å². The zero-order valence-corrected chi connectivity index (χ0v) is 14.1. The first-order valence-corrected chi connectivity index (χ1v) is 7.94. The van der Waals surface area contributed by atoms with E-state index in [1.165, 1.54) is 13.0 Å². The van der Waals surface area contributed by atoms with Crippen molar-refractivity contribution >= 4 is 28.3 Å². The van der Waals surface area contributed by atoms with E-state index in [0.29, 0.717) is 10.8 Å². The Morgan fingerprint density at radius 2 is 1.85 bits per heavy atom. The lowest BCUT2D eigenvalue weighted by Crippen LogP contribution is -2.31. The summed E-state index contributed by atoms with van der Waals surface area (Å²) in [7, 11) is 0. The lowest BCUT2D eigenvalue weighted by Gasteiger charge is -2.14. The van der Waals surface area contributed by atoms with Gasteiger partial charge in [-0.05, 0) is 36.6 Å². The molecule has 0 saturated heterocycles. The molecule has 6 nitrogen and oxygen atoms in total. The molecule has 1 atom stereocenters. The number of hydrogen-bond acceptors (Lipinski definition) is 4. The van der Waals surface area contributed by atoms with Crippen molar-refractivity contribution in [1.82, 2.24) is 4.98 Å². The SMILES string of the molecule is C[C@H](OC(=O)c1cc2ccccc2c(=O)[nH]1)C(=O)Nc1cc(F)ccc1F. The number of esters is 1. The second-order valence-electron chi connectivity index (χ2n) is 5.76. The smallest absolute Gasteiger partial charge is 0.355 e. The van der Waals surface area contributed by atoms with Crippen LogP contribution < -0.4 is 10.9 Å². The maximum atomic E-state index is 13.6. The Hall–Kier alpha value is -3.55. The number of anilines is 1. The average Bonchev–Trinajstić information content (AvgIpc) is 2.64. The number of fused-ring (bicyclic) bond motifs is 1. The van der Waals surface area contributed by atoms with Crippen LogP contribution in [0.3, 0.4) is 0 Å². The van der Waals surface area contributed by atoms with Crippen LogP contribution in [0.5, 0.6) is 0 Å². The Bertz CT molecular complexity index is 1090. The summed E-state index contributed by atoms with van der Waals surface area (Å²) >= 11 is 0. The van der Waals surface area contributed by atoms with Gasteiger partial charge in [0, 0.05) is 11.5 Å². The zero-order valence-electron chi connectivity index (χ0n) is 14.1. The zero-order chi connectivity index (χ0) is 19.6. The number of benzene rings is 2. The van der Waals surface area contributed by atoms with Gasteiger partial charge in [-0.3, -0.25) is 9.59 Å². The summed E-state index contributed by atoms with van der Waals surface area (Å²) in [4.78, 5) is 38.7. The van der Waals surface area contributed by atoms with Gasteiger partial charge in [-0.15, -0.1) is 0 Å². The third-order valence-corrected chi connectivity index (χ3v) is 3.81. The van der Waals surface area contributed by atoms with Gasteiger partial charge >= 0.3 is 5.97 Å². The normalized spacial score (nSPS) is 11.8. The highest BCUT2D eigenvalue weighted by Crippen LogP contribution is 2.16. The molecule has 3 aromatic rings. The van der Waals surface area contributed by atoms with E-state index in [-0.39, 0.29) is 11.4 Å². The number of aromatic nitrogens is 1. The molecule has 1 amide bonds. The molecule has 8 heteroatoms. The average molecular weight is 372 g/mol. The van der Waals surface area contributed by atoms with Crippen LogP contribution in [0.1, 0.15) is 17.4 Å². The second-order valence-corrected chi connectivity index (χ2v) is 5.76. The third-order valence-electron chi connectivity index (χ3n) is 3.81. The molecule has 0 bridgehead atoms. The molecule has 0 radical (unpaired) electrons. The minimum Gasteiger partial charge on any atom is -0.448 e. The van der Waals surface area contributed by atoms with Crippen LogP contribution in [-0.2, 0) is 9.53 Å². The number of pyridine rings is 1. The molecular formula is C19H14F2N2O4. The molecule has 0 aliphatic rings. The highest BCUT2D eigenvalue weighted by atomic mass is 19.1. The van der Waals surface area contributed by atoms with Gasteiger partial charge in [0.2, 0.25) is 0 Å². The number of nitrogens with one attached hydrogen (secondary N) is 2. The van der Waals surface area contributed by atoms with E-state index in [9.17, 15) is 23.2 Å². The largest absolute Gasteiger partial charge is 0.448 e. The summed E-state index contributed by atoms with van der Waals surface area (Å²) in [6, 6.07) is 10.7. The van der Waals surface area contributed by atoms with Gasteiger partial charge in [0.05, 0.1) is 5.69 Å². The first-order valence-electron chi connectivity index (χ1n) is 7.94. The van der Waals surface area contributed by atoms with Gasteiger partial charge in [-0.25, -0.2) is 13.6 Å². The molecule has 138 valence electrons. The summed E-state index contributed by atoms with van der Waals surface area (Å²) in [5.41, 5.74) is -0.976. The Labute approximate surface area is 151 Å². The predicted molar refractivity (Wildman–Crippen MR) is 94.4 cm³/mol. The van der Waals surface area contributed by atoms with Crippen molar-refractivity contribution in [3.8, 4) is 0 Å². The number of H-pyrrole nitrogens is 1. The number of carbonyl (C=O) groups excluding carboxylic acids is 2. The van der Waals surface area contributed by atoms with Crippen LogP contribution in [0.4, 0.5) is 14.5 Å². The minimum absolute atomic E-state index is 0.129. The molecule has 2 N–H and O–H groups in total. The van der Waals surface area contributed by atoms with Gasteiger partial charge < -0.3 is 15.0 Å². The predicted octanol–water partition coefficient (Wildman–Crippen LogP) is 2.99. The fraction of sp³-hybridized carbons (Fsp3) is 0.105. The highest BCUT2D eigenvalue weighted by Gasteiger charge is 2.21. The van der Waals surface area contributed by atoms with Crippen molar-refractivity contribution in [2.45, 2.75) is 13.0 Å². The Kier molecular flexibility index (Phi) is 4.98. The van der Waals surface area contributed by atoms with E-state index >= 15 is 0 Å². The van der Waals surface area contributed by atoms with Crippen molar-refractivity contribution in [1.29, 1.82) is 0 Å². The Morgan fingerprint density at radius 1 is 1.11 bits per heavy atom. The van der Waals surface area contributed by atoms with E-state index < -0.39 is 35.2 Å². The lowest BCUT2D eigenvalue weighted by atomic mass is 10.1. The van der Waals surface area contributed by atoms with Gasteiger partial charge in [0.1, 0.15) is 17.3 Å². The fourth-order valence-electron chi connectivity index (χ4n) is 2.43. The number of aromatic amines is 1. The van der Waals surface area contributed by atoms with E-state index in [4.69, 9.17) is 4.74 Å². The number of carbonyl (C=O) groups is 2. The molecule has 0 aliphatic heterocycles. The molecule has 27 heavy (non-hydrogen) atoms. The molecular weight excluding hydrogens is 358 g/mol. The first kappa shape index (κ1) is 18.2. The topological polar surface area (TPSA) is 88.3 Å². The summed E-state index contributed by atoms with van der Waals surface area (Å²) < 4.78 is 31.8. The number of halogens is 2. The van der Waals surface area contributed by atoms with Gasteiger partial charge in [-0.2, -0.15) is 0 Å². The lowest BCUT2D eigenvalue weighted by molar-refractivity contribution is -0.123. The monoisotopic (exact) mass is 372 g/mol. The Morgan fingerprint density at radius 3 is 2.63 bits per heavy atom. The molecule has 0 fully saturated rings. The summed E-state index contributed by atoms with van der Waals surface area (Å²) in [6.45, 7) is 1.27. The van der Waals surface area contributed by atoms with Crippen LogP contribution in [0, 0.1) is 11.6 Å². The molecule has 1 heterocycles. The molecule has 0 aliphatic carbocycles. The van der Waals surface area contributed by atoms with Gasteiger partial charge in [0.25, 0.3) is 11.5 Å². The minimum atomic E-state index is -1.31. The van der Waals surface area contributed by atoms with Crippen molar-refractivity contribution in [2.75, 3.05) is 5.32 Å². The van der Waals surface area contributed by atoms with Crippen molar-refractivity contribution in [3.63, 3.8) is 0 Å². The van der Waals surface area contributed by atoms with Crippen LogP contribution >= 0.6 is 0 Å². The maximum Gasteiger partial charge on any atom is 0.355 e. The van der Waals surface area contributed by atoms with Crippen LogP contribution in [0.2, 0.25) is 0 Å². The second kappa shape index (κ2) is 7.36. The summed E-state index contributed by atoms with van der Waals surface area (Å²) in [5.74, 6) is -3.34. The fourth-order valence-corrected chi connectivity index (χ4v) is 2.43. The molecule has 0 unspecified atom stereocenters. The van der Waals surface area contributed by atoms with Crippen LogP contribution in [0.25, 0.3) is 10.8 Å². The van der Waals surface area contributed by atoms with Crippen LogP contribution in [-0.4, -0.2) is 23.0 Å². The quantitative estimate of drug-likeness (QED) is 0.689. The maximum absolute atomic E-state index is 13.6. The molecule has 3 rings (SSSR count). The summed E-state index contributed by atoms with van der Waals surface area (Å²) in [6.07, 6.45) is -1.31. The molecule has 0 spiro atoms. The van der Waals surface area contributed by atoms with E-state index in [1.54, 1.807) is 24.3 Å². The van der Waals surface area contributed by atoms with Gasteiger partial charge in [0.15, 0.2) is 6.10 Å². The molecule has 2 aromatic carbocycles. The van der Waals surface area contributed by atoms with Gasteiger partial charge in [-0.1, -0.05) is 18.2 Å². The molecule has 0 saturated carbocycles. The third kappa shape index (κ3) is 4.00. The molecule has 1 aromatic heterocycles. The standard InChI is InChI=1S/C19H14F2N2O4/c1-10(17(24)22-15-9-12(20)6-7-14(15)21)27-19(26)16-8-11-4-2-3-5-13(11)18(25)23-16/h2-10H,1H3,(H,22,24)(H,23,25)/t10-/m0/s1. The van der Waals surface area contributed by atoms with E-state index in [2.05, 4.69) is 10.3 Å². The summed E-state index contributed by atoms with van der Waals surface area (Å²) in [5, 5.41) is 3.08. The van der Waals surface area contributed by atoms with Crippen LogP contribution in [0.15, 0.2) is 53.3 Å².